The van der Waals surface area contributed by atoms with Crippen molar-refractivity contribution in [2.24, 2.45) is 11.7 Å². The van der Waals surface area contributed by atoms with E-state index in [2.05, 4.69) is 0 Å². The molecule has 1 aromatic carbocycles. The molecule has 1 aliphatic carbocycles. The standard InChI is InChI=1S/C10H11Cl2N.ClH/c11-9-3-1-2-7(10(9)12)8-4-6(8)5-13;/h1-3,6,8H,4-5,13H2;1H/t6-,8+;/m1./s1. The normalized spacial score (nSPS) is 24.2. The molecule has 1 fully saturated rings. The van der Waals surface area contributed by atoms with E-state index in [0.29, 0.717) is 21.9 Å². The summed E-state index contributed by atoms with van der Waals surface area (Å²) in [5.41, 5.74) is 6.73. The van der Waals surface area contributed by atoms with E-state index in [0.717, 1.165) is 18.5 Å². The first-order chi connectivity index (χ1) is 6.24. The zero-order chi connectivity index (χ0) is 9.42. The van der Waals surface area contributed by atoms with Gasteiger partial charge in [0.15, 0.2) is 0 Å². The molecule has 2 atom stereocenters. The lowest BCUT2D eigenvalue weighted by molar-refractivity contribution is 0.810. The Morgan fingerprint density at radius 2 is 2.07 bits per heavy atom. The summed E-state index contributed by atoms with van der Waals surface area (Å²) in [4.78, 5) is 0. The van der Waals surface area contributed by atoms with Crippen molar-refractivity contribution in [3.8, 4) is 0 Å². The summed E-state index contributed by atoms with van der Waals surface area (Å²) in [5.74, 6) is 1.15. The van der Waals surface area contributed by atoms with Crippen LogP contribution in [0.5, 0.6) is 0 Å². The van der Waals surface area contributed by atoms with Crippen LogP contribution in [0.25, 0.3) is 0 Å². The van der Waals surface area contributed by atoms with E-state index in [9.17, 15) is 0 Å². The minimum atomic E-state index is 0. The molecule has 0 aromatic heterocycles. The maximum absolute atomic E-state index is 6.08. The molecule has 1 nitrogen and oxygen atoms in total. The molecule has 0 heterocycles. The predicted molar refractivity (Wildman–Crippen MR) is 63.6 cm³/mol. The highest BCUT2D eigenvalue weighted by atomic mass is 35.5. The fourth-order valence-electron chi connectivity index (χ4n) is 1.70. The topological polar surface area (TPSA) is 26.0 Å². The van der Waals surface area contributed by atoms with Gasteiger partial charge in [0.25, 0.3) is 0 Å². The van der Waals surface area contributed by atoms with Crippen LogP contribution >= 0.6 is 35.6 Å². The Balaban J connectivity index is 0.000000980. The first kappa shape index (κ1) is 12.1. The molecule has 0 saturated heterocycles. The number of benzene rings is 1. The molecule has 2 N–H and O–H groups in total. The molecule has 0 spiro atoms. The van der Waals surface area contributed by atoms with Gasteiger partial charge in [0.1, 0.15) is 0 Å². The lowest BCUT2D eigenvalue weighted by Gasteiger charge is -2.03. The van der Waals surface area contributed by atoms with Gasteiger partial charge in [0, 0.05) is 0 Å². The molecule has 78 valence electrons. The van der Waals surface area contributed by atoms with Crippen LogP contribution in [0.3, 0.4) is 0 Å². The maximum atomic E-state index is 6.08. The Labute approximate surface area is 100.0 Å². The Morgan fingerprint density at radius 1 is 1.36 bits per heavy atom. The highest BCUT2D eigenvalue weighted by Crippen LogP contribution is 2.49. The Hall–Kier alpha value is 0.0500. The maximum Gasteiger partial charge on any atom is 0.0627 e. The van der Waals surface area contributed by atoms with E-state index in [4.69, 9.17) is 28.9 Å². The van der Waals surface area contributed by atoms with Gasteiger partial charge >= 0.3 is 0 Å². The van der Waals surface area contributed by atoms with Crippen LogP contribution in [0.2, 0.25) is 10.0 Å². The van der Waals surface area contributed by atoms with Crippen molar-refractivity contribution in [3.63, 3.8) is 0 Å². The average molecular weight is 253 g/mol. The summed E-state index contributed by atoms with van der Waals surface area (Å²) in [7, 11) is 0. The summed E-state index contributed by atoms with van der Waals surface area (Å²) < 4.78 is 0. The Morgan fingerprint density at radius 3 is 2.64 bits per heavy atom. The molecule has 4 heteroatoms. The zero-order valence-corrected chi connectivity index (χ0v) is 9.87. The molecule has 0 bridgehead atoms. The molecule has 1 aromatic rings. The summed E-state index contributed by atoms with van der Waals surface area (Å²) in [6.07, 6.45) is 1.15. The van der Waals surface area contributed by atoms with Crippen LogP contribution in [0.15, 0.2) is 18.2 Å². The number of rotatable bonds is 2. The highest BCUT2D eigenvalue weighted by molar-refractivity contribution is 6.42. The monoisotopic (exact) mass is 251 g/mol. The minimum Gasteiger partial charge on any atom is -0.330 e. The molecule has 0 radical (unpaired) electrons. The second kappa shape index (κ2) is 4.71. The van der Waals surface area contributed by atoms with E-state index in [1.807, 2.05) is 18.2 Å². The molecular weight excluding hydrogens is 240 g/mol. The molecule has 0 aliphatic heterocycles. The van der Waals surface area contributed by atoms with E-state index in [1.54, 1.807) is 0 Å². The lowest BCUT2D eigenvalue weighted by atomic mass is 10.1. The average Bonchev–Trinajstić information content (AvgIpc) is 2.89. The number of hydrogen-bond donors (Lipinski definition) is 1. The van der Waals surface area contributed by atoms with Crippen molar-refractivity contribution >= 4 is 35.6 Å². The van der Waals surface area contributed by atoms with Gasteiger partial charge in [0.05, 0.1) is 10.0 Å². The summed E-state index contributed by atoms with van der Waals surface area (Å²) in [5, 5.41) is 1.34. The van der Waals surface area contributed by atoms with E-state index >= 15 is 0 Å². The molecule has 1 aliphatic rings. The summed E-state index contributed by atoms with van der Waals surface area (Å²) >= 11 is 12.0. The molecular formula is C10H12Cl3N. The number of nitrogens with two attached hydrogens (primary N) is 1. The second-order valence-corrected chi connectivity index (χ2v) is 4.27. The third-order valence-electron chi connectivity index (χ3n) is 2.61. The Kier molecular flexibility index (Phi) is 4.08. The first-order valence-corrected chi connectivity index (χ1v) is 5.13. The van der Waals surface area contributed by atoms with Gasteiger partial charge < -0.3 is 5.73 Å². The van der Waals surface area contributed by atoms with Crippen molar-refractivity contribution < 1.29 is 0 Å². The van der Waals surface area contributed by atoms with Crippen molar-refractivity contribution in [2.75, 3.05) is 6.54 Å². The number of hydrogen-bond acceptors (Lipinski definition) is 1. The van der Waals surface area contributed by atoms with Crippen molar-refractivity contribution in [1.82, 2.24) is 0 Å². The SMILES string of the molecule is Cl.NC[C@H]1C[C@@H]1c1cccc(Cl)c1Cl. The van der Waals surface area contributed by atoms with Gasteiger partial charge in [-0.15, -0.1) is 12.4 Å². The van der Waals surface area contributed by atoms with Crippen LogP contribution in [0.1, 0.15) is 17.9 Å². The summed E-state index contributed by atoms with van der Waals surface area (Å²) in [6.45, 7) is 0.744. The fraction of sp³-hybridized carbons (Fsp3) is 0.400. The Bertz CT molecular complexity index is 327. The van der Waals surface area contributed by atoms with Gasteiger partial charge in [-0.1, -0.05) is 35.3 Å². The molecule has 1 saturated carbocycles. The second-order valence-electron chi connectivity index (χ2n) is 3.48. The van der Waals surface area contributed by atoms with Gasteiger partial charge in [0.2, 0.25) is 0 Å². The number of halogens is 3. The molecule has 0 amide bonds. The van der Waals surface area contributed by atoms with Crippen LogP contribution in [0, 0.1) is 5.92 Å². The third kappa shape index (κ3) is 2.17. The molecule has 0 unspecified atom stereocenters. The largest absolute Gasteiger partial charge is 0.330 e. The van der Waals surface area contributed by atoms with Crippen LogP contribution in [-0.2, 0) is 0 Å². The predicted octanol–water partition coefficient (Wildman–Crippen LogP) is 3.48. The van der Waals surface area contributed by atoms with Crippen molar-refractivity contribution in [3.05, 3.63) is 33.8 Å². The van der Waals surface area contributed by atoms with Crippen molar-refractivity contribution in [1.29, 1.82) is 0 Å². The van der Waals surface area contributed by atoms with Gasteiger partial charge in [-0.2, -0.15) is 0 Å². The zero-order valence-electron chi connectivity index (χ0n) is 7.54. The third-order valence-corrected chi connectivity index (χ3v) is 3.44. The molecule has 14 heavy (non-hydrogen) atoms. The van der Waals surface area contributed by atoms with Crippen LogP contribution in [-0.4, -0.2) is 6.54 Å². The van der Waals surface area contributed by atoms with Gasteiger partial charge in [-0.25, -0.2) is 0 Å². The fourth-order valence-corrected chi connectivity index (χ4v) is 2.14. The van der Waals surface area contributed by atoms with Crippen LogP contribution < -0.4 is 5.73 Å². The van der Waals surface area contributed by atoms with E-state index < -0.39 is 0 Å². The van der Waals surface area contributed by atoms with Crippen molar-refractivity contribution in [2.45, 2.75) is 12.3 Å². The van der Waals surface area contributed by atoms with Gasteiger partial charge in [-0.3, -0.25) is 0 Å². The van der Waals surface area contributed by atoms with E-state index in [1.165, 1.54) is 0 Å². The quantitative estimate of drug-likeness (QED) is 0.857. The highest BCUT2D eigenvalue weighted by Gasteiger charge is 2.38. The van der Waals surface area contributed by atoms with E-state index in [-0.39, 0.29) is 12.4 Å². The lowest BCUT2D eigenvalue weighted by Crippen LogP contribution is -2.02. The first-order valence-electron chi connectivity index (χ1n) is 4.38. The summed E-state index contributed by atoms with van der Waals surface area (Å²) in [6, 6.07) is 5.79. The minimum absolute atomic E-state index is 0. The molecule has 2 rings (SSSR count). The van der Waals surface area contributed by atoms with Crippen LogP contribution in [0.4, 0.5) is 0 Å². The van der Waals surface area contributed by atoms with Gasteiger partial charge in [-0.05, 0) is 36.4 Å². The smallest absolute Gasteiger partial charge is 0.0627 e.